The van der Waals surface area contributed by atoms with Gasteiger partial charge < -0.3 is 20.0 Å². The Morgan fingerprint density at radius 3 is 2.52 bits per heavy atom. The van der Waals surface area contributed by atoms with Gasteiger partial charge in [-0.25, -0.2) is 8.42 Å². The second kappa shape index (κ2) is 6.73. The zero-order valence-electron chi connectivity index (χ0n) is 13.5. The van der Waals surface area contributed by atoms with Crippen LogP contribution in [0.5, 0.6) is 5.75 Å². The Morgan fingerprint density at radius 2 is 1.88 bits per heavy atom. The fourth-order valence-electron chi connectivity index (χ4n) is 2.75. The van der Waals surface area contributed by atoms with Crippen LogP contribution in [-0.4, -0.2) is 38.4 Å². The Morgan fingerprint density at radius 1 is 1.20 bits per heavy atom. The number of sulfonamides is 1. The molecule has 2 aromatic carbocycles. The molecule has 25 heavy (non-hydrogen) atoms. The average Bonchev–Trinajstić information content (AvgIpc) is 2.82. The molecule has 1 atom stereocenters. The predicted octanol–water partition coefficient (Wildman–Crippen LogP) is 0.430. The number of rotatable bonds is 4. The van der Waals surface area contributed by atoms with Gasteiger partial charge in [0.05, 0.1) is 24.0 Å². The maximum atomic E-state index is 13.0. The van der Waals surface area contributed by atoms with Gasteiger partial charge in [-0.05, 0) is 35.9 Å². The first kappa shape index (κ1) is 17.2. The van der Waals surface area contributed by atoms with Crippen LogP contribution in [0.3, 0.4) is 0 Å². The minimum Gasteiger partial charge on any atom is -0.548 e. The fraction of sp³-hybridized carbons (Fsp3) is 0.235. The molecule has 1 aliphatic rings. The lowest BCUT2D eigenvalue weighted by Gasteiger charge is -2.29. The number of hydrogen-bond acceptors (Lipinski definition) is 6. The number of benzene rings is 2. The summed E-state index contributed by atoms with van der Waals surface area (Å²) in [4.78, 5) is 11.6. The van der Waals surface area contributed by atoms with E-state index in [1.165, 1.54) is 31.4 Å². The molecule has 0 aliphatic carbocycles. The molecule has 8 heteroatoms. The van der Waals surface area contributed by atoms with Crippen LogP contribution in [0.25, 0.3) is 0 Å². The summed E-state index contributed by atoms with van der Waals surface area (Å²) in [6, 6.07) is 11.6. The van der Waals surface area contributed by atoms with Gasteiger partial charge in [0.2, 0.25) is 10.0 Å². The van der Waals surface area contributed by atoms with Gasteiger partial charge in [0.1, 0.15) is 5.75 Å². The van der Waals surface area contributed by atoms with Crippen molar-refractivity contribution in [3.05, 3.63) is 54.1 Å². The third-order valence-electron chi connectivity index (χ3n) is 4.12. The number of fused-ring (bicyclic) bond motifs is 1. The molecule has 1 N–H and O–H groups in total. The van der Waals surface area contributed by atoms with E-state index < -0.39 is 22.0 Å². The molecule has 0 saturated carbocycles. The summed E-state index contributed by atoms with van der Waals surface area (Å²) >= 11 is 0. The van der Waals surface area contributed by atoms with Crippen LogP contribution in [0, 0.1) is 0 Å². The van der Waals surface area contributed by atoms with E-state index in [4.69, 9.17) is 4.74 Å². The lowest BCUT2D eigenvalue weighted by Crippen LogP contribution is -2.52. The van der Waals surface area contributed by atoms with Crippen molar-refractivity contribution in [2.45, 2.75) is 17.5 Å². The van der Waals surface area contributed by atoms with Crippen LogP contribution in [0.4, 0.5) is 5.69 Å². The largest absolute Gasteiger partial charge is 0.548 e. The van der Waals surface area contributed by atoms with E-state index in [1.807, 2.05) is 0 Å². The van der Waals surface area contributed by atoms with Crippen LogP contribution in [0.15, 0.2) is 53.4 Å². The molecule has 1 aliphatic heterocycles. The van der Waals surface area contributed by atoms with Crippen molar-refractivity contribution in [2.24, 2.45) is 0 Å². The first-order valence-corrected chi connectivity index (χ1v) is 9.06. The number of carbonyl (C=O) groups is 1. The number of para-hydroxylation sites is 1. The van der Waals surface area contributed by atoms with Crippen molar-refractivity contribution < 1.29 is 23.1 Å². The molecule has 0 aromatic heterocycles. The van der Waals surface area contributed by atoms with E-state index in [0.717, 1.165) is 4.31 Å². The average molecular weight is 361 g/mol. The highest BCUT2D eigenvalue weighted by Crippen LogP contribution is 2.28. The Balaban J connectivity index is 2.04. The minimum absolute atomic E-state index is 0.000990. The molecule has 7 nitrogen and oxygen atoms in total. The zero-order valence-corrected chi connectivity index (χ0v) is 14.3. The normalized spacial score (nSPS) is 17.9. The molecule has 0 saturated heterocycles. The number of hydrogen-bond donors (Lipinski definition) is 1. The highest BCUT2D eigenvalue weighted by Gasteiger charge is 2.34. The maximum absolute atomic E-state index is 13.0. The molecule has 3 rings (SSSR count). The number of carbonyl (C=O) groups excluding carboxylic acids is 1. The van der Waals surface area contributed by atoms with Crippen LogP contribution >= 0.6 is 0 Å². The summed E-state index contributed by atoms with van der Waals surface area (Å²) in [5.41, 5.74) is 1.41. The SMILES string of the molecule is COc1ccc(S(=O)(=O)N2Cc3ccccc3NCC2C(=O)[O-])cc1. The van der Waals surface area contributed by atoms with Gasteiger partial charge in [-0.3, -0.25) is 0 Å². The summed E-state index contributed by atoms with van der Waals surface area (Å²) in [5, 5.41) is 14.6. The second-order valence-corrected chi connectivity index (χ2v) is 7.49. The standard InChI is InChI=1S/C17H18N2O5S/c1-24-13-6-8-14(9-7-13)25(22,23)19-11-12-4-2-3-5-15(12)18-10-16(19)17(20)21/h2-9,16,18H,10-11H2,1H3,(H,20,21)/p-1. The lowest BCUT2D eigenvalue weighted by molar-refractivity contribution is -0.310. The molecular weight excluding hydrogens is 344 g/mol. The highest BCUT2D eigenvalue weighted by atomic mass is 32.2. The van der Waals surface area contributed by atoms with E-state index in [1.54, 1.807) is 24.3 Å². The molecule has 1 heterocycles. The Labute approximate surface area is 145 Å². The van der Waals surface area contributed by atoms with E-state index in [-0.39, 0.29) is 18.0 Å². The van der Waals surface area contributed by atoms with Gasteiger partial charge in [0, 0.05) is 18.8 Å². The van der Waals surface area contributed by atoms with Crippen LogP contribution in [-0.2, 0) is 21.4 Å². The number of carboxylic acids is 1. The van der Waals surface area contributed by atoms with Crippen LogP contribution in [0.2, 0.25) is 0 Å². The maximum Gasteiger partial charge on any atom is 0.244 e. The van der Waals surface area contributed by atoms with Gasteiger partial charge >= 0.3 is 0 Å². The molecule has 132 valence electrons. The molecule has 0 bridgehead atoms. The van der Waals surface area contributed by atoms with Crippen LogP contribution in [0.1, 0.15) is 5.56 Å². The number of carboxylic acid groups (broad SMARTS) is 1. The van der Waals surface area contributed by atoms with Crippen LogP contribution < -0.4 is 15.2 Å². The smallest absolute Gasteiger partial charge is 0.244 e. The van der Waals surface area contributed by atoms with Gasteiger partial charge in [-0.15, -0.1) is 0 Å². The minimum atomic E-state index is -4.03. The molecule has 2 aromatic rings. The Kier molecular flexibility index (Phi) is 4.65. The monoisotopic (exact) mass is 361 g/mol. The summed E-state index contributed by atoms with van der Waals surface area (Å²) in [6.07, 6.45) is 0. The van der Waals surface area contributed by atoms with Gasteiger partial charge in [-0.1, -0.05) is 18.2 Å². The molecule has 0 amide bonds. The van der Waals surface area contributed by atoms with Crippen molar-refractivity contribution in [1.82, 2.24) is 4.31 Å². The van der Waals surface area contributed by atoms with Gasteiger partial charge in [0.15, 0.2) is 0 Å². The van der Waals surface area contributed by atoms with Crippen molar-refractivity contribution in [2.75, 3.05) is 19.0 Å². The highest BCUT2D eigenvalue weighted by molar-refractivity contribution is 7.89. The molecule has 0 fully saturated rings. The number of aliphatic carboxylic acids is 1. The first-order valence-electron chi connectivity index (χ1n) is 7.62. The molecule has 0 spiro atoms. The van der Waals surface area contributed by atoms with Crippen molar-refractivity contribution >= 4 is 21.7 Å². The predicted molar refractivity (Wildman–Crippen MR) is 89.4 cm³/mol. The van der Waals surface area contributed by atoms with Gasteiger partial charge in [-0.2, -0.15) is 4.31 Å². The number of anilines is 1. The molecule has 1 unspecified atom stereocenters. The van der Waals surface area contributed by atoms with E-state index in [2.05, 4.69) is 5.32 Å². The summed E-state index contributed by atoms with van der Waals surface area (Å²) in [7, 11) is -2.55. The Hall–Kier alpha value is -2.58. The number of nitrogens with zero attached hydrogens (tertiary/aromatic N) is 1. The first-order chi connectivity index (χ1) is 11.9. The summed E-state index contributed by atoms with van der Waals surface area (Å²) in [5.74, 6) is -0.935. The summed E-state index contributed by atoms with van der Waals surface area (Å²) in [6.45, 7) is -0.134. The zero-order chi connectivity index (χ0) is 18.0. The summed E-state index contributed by atoms with van der Waals surface area (Å²) < 4.78 is 32.1. The van der Waals surface area contributed by atoms with Gasteiger partial charge in [0.25, 0.3) is 0 Å². The second-order valence-electron chi connectivity index (χ2n) is 5.60. The van der Waals surface area contributed by atoms with E-state index in [9.17, 15) is 18.3 Å². The Bertz CT molecular complexity index is 880. The third kappa shape index (κ3) is 3.31. The number of ether oxygens (including phenoxy) is 1. The number of nitrogens with one attached hydrogen (secondary N) is 1. The fourth-order valence-corrected chi connectivity index (χ4v) is 4.31. The quantitative estimate of drug-likeness (QED) is 0.848. The topological polar surface area (TPSA) is 98.8 Å². The lowest BCUT2D eigenvalue weighted by atomic mass is 10.2. The molecule has 0 radical (unpaired) electrons. The van der Waals surface area contributed by atoms with Crippen molar-refractivity contribution in [3.63, 3.8) is 0 Å². The number of methoxy groups -OCH3 is 1. The molecular formula is C17H17N2O5S-. The third-order valence-corrected chi connectivity index (χ3v) is 5.98. The van der Waals surface area contributed by atoms with E-state index in [0.29, 0.717) is 17.0 Å². The van der Waals surface area contributed by atoms with E-state index >= 15 is 0 Å². The van der Waals surface area contributed by atoms with Crippen molar-refractivity contribution in [3.8, 4) is 5.75 Å². The van der Waals surface area contributed by atoms with Crippen molar-refractivity contribution in [1.29, 1.82) is 0 Å².